The van der Waals surface area contributed by atoms with Crippen LogP contribution >= 0.6 is 11.3 Å². The maximum absolute atomic E-state index is 10.7. The molecule has 2 aromatic heterocycles. The lowest BCUT2D eigenvalue weighted by atomic mass is 9.98. The number of aromatic nitrogens is 2. The maximum Gasteiger partial charge on any atom is 0.132 e. The van der Waals surface area contributed by atoms with Crippen molar-refractivity contribution in [2.24, 2.45) is 0 Å². The molecule has 1 N–H and O–H groups in total. The lowest BCUT2D eigenvalue weighted by Crippen LogP contribution is -2.53. The predicted octanol–water partition coefficient (Wildman–Crippen LogP) is 5.36. The van der Waals surface area contributed by atoms with Crippen LogP contribution in [0.2, 0.25) is 0 Å². The smallest absolute Gasteiger partial charge is 0.132 e. The van der Waals surface area contributed by atoms with E-state index in [0.717, 1.165) is 64.0 Å². The van der Waals surface area contributed by atoms with E-state index < -0.39 is 6.10 Å². The molecule has 0 radical (unpaired) electrons. The minimum atomic E-state index is -0.560. The average molecular weight is 529 g/mol. The van der Waals surface area contributed by atoms with E-state index in [0.29, 0.717) is 12.6 Å². The molecule has 3 aromatic carbocycles. The van der Waals surface area contributed by atoms with Crippen molar-refractivity contribution in [1.82, 2.24) is 19.9 Å². The number of piperazine rings is 1. The van der Waals surface area contributed by atoms with Gasteiger partial charge < -0.3 is 14.4 Å². The Balaban J connectivity index is 1.04. The first kappa shape index (κ1) is 25.0. The standard InChI is InChI=1S/C30H32N4O3S/c1-20-15-33(16-23(35)18-36-24-10-11-30-28(14-24)31-21(2)38-30)12-13-34(20)17-29-27(19-37-32-29)26-9-5-7-22-6-3-4-8-25(22)26/h3-11,14,19-20,23,35H,12-13,15-18H2,1-2H3/t20?,23-/m0/s1. The zero-order valence-corrected chi connectivity index (χ0v) is 22.5. The summed E-state index contributed by atoms with van der Waals surface area (Å²) in [5.74, 6) is 0.745. The summed E-state index contributed by atoms with van der Waals surface area (Å²) in [6.45, 7) is 8.47. The number of rotatable bonds is 8. The van der Waals surface area contributed by atoms with Gasteiger partial charge in [-0.25, -0.2) is 4.98 Å². The molecule has 0 saturated carbocycles. The van der Waals surface area contributed by atoms with E-state index in [2.05, 4.69) is 69.3 Å². The van der Waals surface area contributed by atoms with Crippen LogP contribution in [0.3, 0.4) is 0 Å². The van der Waals surface area contributed by atoms with Crippen LogP contribution < -0.4 is 4.74 Å². The number of aliphatic hydroxyl groups is 1. The molecule has 1 fully saturated rings. The number of hydrogen-bond acceptors (Lipinski definition) is 8. The van der Waals surface area contributed by atoms with Crippen molar-refractivity contribution in [3.05, 3.63) is 77.6 Å². The zero-order valence-electron chi connectivity index (χ0n) is 21.7. The Labute approximate surface area is 226 Å². The minimum Gasteiger partial charge on any atom is -0.491 e. The van der Waals surface area contributed by atoms with Crippen LogP contribution in [0.5, 0.6) is 5.75 Å². The molecule has 8 heteroatoms. The molecule has 3 heterocycles. The van der Waals surface area contributed by atoms with Crippen LogP contribution in [-0.2, 0) is 6.54 Å². The molecule has 38 heavy (non-hydrogen) atoms. The summed E-state index contributed by atoms with van der Waals surface area (Å²) in [5.41, 5.74) is 4.11. The topological polar surface area (TPSA) is 74.9 Å². The summed E-state index contributed by atoms with van der Waals surface area (Å²) in [4.78, 5) is 9.28. The van der Waals surface area contributed by atoms with E-state index in [-0.39, 0.29) is 6.61 Å². The van der Waals surface area contributed by atoms with Crippen molar-refractivity contribution in [2.45, 2.75) is 32.5 Å². The van der Waals surface area contributed by atoms with Gasteiger partial charge in [-0.05, 0) is 42.3 Å². The zero-order chi connectivity index (χ0) is 26.1. The molecule has 1 saturated heterocycles. The second-order valence-corrected chi connectivity index (χ2v) is 11.3. The molecule has 0 bridgehead atoms. The molecule has 1 aliphatic heterocycles. The number of thiazole rings is 1. The van der Waals surface area contributed by atoms with Crippen molar-refractivity contribution in [3.8, 4) is 16.9 Å². The number of hydrogen-bond donors (Lipinski definition) is 1. The SMILES string of the molecule is Cc1nc2cc(OC[C@@H](O)CN3CCN(Cc4nocc4-c4cccc5ccccc45)C(C)C3)ccc2s1. The fraction of sp³-hybridized carbons (Fsp3) is 0.333. The Morgan fingerprint density at radius 2 is 1.97 bits per heavy atom. The van der Waals surface area contributed by atoms with Gasteiger partial charge in [-0.1, -0.05) is 47.6 Å². The minimum absolute atomic E-state index is 0.260. The average Bonchev–Trinajstić information content (AvgIpc) is 3.53. The number of aryl methyl sites for hydroxylation is 1. The van der Waals surface area contributed by atoms with Gasteiger partial charge in [-0.15, -0.1) is 11.3 Å². The molecule has 7 nitrogen and oxygen atoms in total. The van der Waals surface area contributed by atoms with Gasteiger partial charge in [0.1, 0.15) is 30.4 Å². The van der Waals surface area contributed by atoms with Gasteiger partial charge >= 0.3 is 0 Å². The molecule has 2 atom stereocenters. The largest absolute Gasteiger partial charge is 0.491 e. The fourth-order valence-corrected chi connectivity index (χ4v) is 6.18. The van der Waals surface area contributed by atoms with Crippen molar-refractivity contribution in [1.29, 1.82) is 0 Å². The maximum atomic E-state index is 10.7. The predicted molar refractivity (Wildman–Crippen MR) is 152 cm³/mol. The summed E-state index contributed by atoms with van der Waals surface area (Å²) in [7, 11) is 0. The summed E-state index contributed by atoms with van der Waals surface area (Å²) in [6.07, 6.45) is 1.21. The monoisotopic (exact) mass is 528 g/mol. The molecule has 0 amide bonds. The molecule has 196 valence electrons. The van der Waals surface area contributed by atoms with Crippen LogP contribution in [0, 0.1) is 6.92 Å². The van der Waals surface area contributed by atoms with Crippen molar-refractivity contribution in [3.63, 3.8) is 0 Å². The molecule has 0 aliphatic carbocycles. The molecule has 1 unspecified atom stereocenters. The van der Waals surface area contributed by atoms with Gasteiger partial charge in [-0.2, -0.15) is 0 Å². The van der Waals surface area contributed by atoms with E-state index in [4.69, 9.17) is 9.26 Å². The van der Waals surface area contributed by atoms with E-state index >= 15 is 0 Å². The molecule has 5 aromatic rings. The van der Waals surface area contributed by atoms with Crippen LogP contribution in [0.1, 0.15) is 17.6 Å². The Hall–Kier alpha value is -3.30. The highest BCUT2D eigenvalue weighted by atomic mass is 32.1. The van der Waals surface area contributed by atoms with Crippen molar-refractivity contribution in [2.75, 3.05) is 32.8 Å². The van der Waals surface area contributed by atoms with Gasteiger partial charge in [0, 0.05) is 50.4 Å². The lowest BCUT2D eigenvalue weighted by Gasteiger charge is -2.40. The molecule has 0 spiro atoms. The number of aliphatic hydroxyl groups excluding tert-OH is 1. The number of nitrogens with zero attached hydrogens (tertiary/aromatic N) is 4. The number of fused-ring (bicyclic) bond motifs is 2. The molecule has 1 aliphatic rings. The van der Waals surface area contributed by atoms with Crippen molar-refractivity contribution >= 4 is 32.3 Å². The third-order valence-electron chi connectivity index (χ3n) is 7.30. The van der Waals surface area contributed by atoms with Gasteiger partial charge in [0.2, 0.25) is 0 Å². The third kappa shape index (κ3) is 5.31. The summed E-state index contributed by atoms with van der Waals surface area (Å²) >= 11 is 1.67. The first-order chi connectivity index (χ1) is 18.5. The fourth-order valence-electron chi connectivity index (χ4n) is 5.37. The highest BCUT2D eigenvalue weighted by Crippen LogP contribution is 2.32. The van der Waals surface area contributed by atoms with Crippen LogP contribution in [0.25, 0.3) is 32.1 Å². The third-order valence-corrected chi connectivity index (χ3v) is 8.26. The summed E-state index contributed by atoms with van der Waals surface area (Å²) in [5, 5.41) is 18.5. The number of ether oxygens (including phenoxy) is 1. The Morgan fingerprint density at radius 1 is 1.11 bits per heavy atom. The summed E-state index contributed by atoms with van der Waals surface area (Å²) in [6, 6.07) is 21.0. The van der Waals surface area contributed by atoms with Crippen LogP contribution in [-0.4, -0.2) is 70.0 Å². The van der Waals surface area contributed by atoms with E-state index in [9.17, 15) is 5.11 Å². The Morgan fingerprint density at radius 3 is 2.87 bits per heavy atom. The van der Waals surface area contributed by atoms with E-state index in [1.807, 2.05) is 25.1 Å². The van der Waals surface area contributed by atoms with Gasteiger partial charge in [0.05, 0.1) is 15.2 Å². The number of β-amino-alcohol motifs (C(OH)–C–C–N with tert-alkyl or cyclic N) is 1. The normalized spacial score (nSPS) is 17.8. The second-order valence-electron chi connectivity index (χ2n) is 10.1. The van der Waals surface area contributed by atoms with Gasteiger partial charge in [-0.3, -0.25) is 9.80 Å². The first-order valence-corrected chi connectivity index (χ1v) is 13.9. The molecular formula is C30H32N4O3S. The molecule has 6 rings (SSSR count). The van der Waals surface area contributed by atoms with E-state index in [1.165, 1.54) is 10.8 Å². The highest BCUT2D eigenvalue weighted by Gasteiger charge is 2.27. The van der Waals surface area contributed by atoms with Crippen molar-refractivity contribution < 1.29 is 14.4 Å². The first-order valence-electron chi connectivity index (χ1n) is 13.1. The molecular weight excluding hydrogens is 496 g/mol. The van der Waals surface area contributed by atoms with Gasteiger partial charge in [0.25, 0.3) is 0 Å². The second kappa shape index (κ2) is 10.8. The number of benzene rings is 3. The highest BCUT2D eigenvalue weighted by molar-refractivity contribution is 7.18. The summed E-state index contributed by atoms with van der Waals surface area (Å²) < 4.78 is 12.5. The van der Waals surface area contributed by atoms with E-state index in [1.54, 1.807) is 17.6 Å². The van der Waals surface area contributed by atoms with Gasteiger partial charge in [0.15, 0.2) is 0 Å². The van der Waals surface area contributed by atoms with Crippen LogP contribution in [0.4, 0.5) is 0 Å². The quantitative estimate of drug-likeness (QED) is 0.291. The van der Waals surface area contributed by atoms with Crippen LogP contribution in [0.15, 0.2) is 71.4 Å². The Kier molecular flexibility index (Phi) is 7.12. The Bertz CT molecular complexity index is 1540. The lowest BCUT2D eigenvalue weighted by molar-refractivity contribution is 0.0250.